The Bertz CT molecular complexity index is 1390. The normalized spacial score (nSPS) is 14.6. The lowest BCUT2D eigenvalue weighted by atomic mass is 10.1. The van der Waals surface area contributed by atoms with Crippen LogP contribution in [0.1, 0.15) is 27.2 Å². The summed E-state index contributed by atoms with van der Waals surface area (Å²) in [5, 5.41) is 11.6. The molecule has 0 atom stereocenters. The van der Waals surface area contributed by atoms with Crippen molar-refractivity contribution in [1.82, 2.24) is 4.90 Å². The zero-order chi connectivity index (χ0) is 25.3. The predicted molar refractivity (Wildman–Crippen MR) is 133 cm³/mol. The summed E-state index contributed by atoms with van der Waals surface area (Å²) in [6.07, 6.45) is 1.41. The second-order valence-corrected chi connectivity index (χ2v) is 9.19. The molecule has 1 saturated heterocycles. The first-order valence-electron chi connectivity index (χ1n) is 10.4. The number of aromatic carboxylic acids is 1. The summed E-state index contributed by atoms with van der Waals surface area (Å²) in [5.74, 6) is -1.60. The summed E-state index contributed by atoms with van der Waals surface area (Å²) in [4.78, 5) is 50.0. The number of carboxylic acid groups (broad SMARTS) is 1. The van der Waals surface area contributed by atoms with Gasteiger partial charge in [0, 0.05) is 17.3 Å². The number of carboxylic acids is 1. The molecule has 1 aliphatic heterocycles. The van der Waals surface area contributed by atoms with Crippen LogP contribution in [0.2, 0.25) is 5.02 Å². The van der Waals surface area contributed by atoms with Gasteiger partial charge in [0.1, 0.15) is 18.1 Å². The third-order valence-electron chi connectivity index (χ3n) is 5.30. The van der Waals surface area contributed by atoms with Crippen LogP contribution in [0.25, 0.3) is 17.4 Å². The zero-order valence-corrected chi connectivity index (χ0v) is 20.2. The van der Waals surface area contributed by atoms with Crippen molar-refractivity contribution in [2.24, 2.45) is 0 Å². The standard InChI is InChI=1S/C25H19ClN2O6S/c1-13-4-3-5-14(2)22(13)27-21(29)12-28-23(30)20(35-25(28)33)11-16-7-9-19(34-16)15-6-8-18(26)17(10-15)24(31)32/h3-11H,12H2,1-2H3,(H,27,29)(H,31,32)/b20-11+. The number of nitrogens with zero attached hydrogens (tertiary/aromatic N) is 1. The highest BCUT2D eigenvalue weighted by Gasteiger charge is 2.36. The number of aryl methyl sites for hydroxylation is 2. The van der Waals surface area contributed by atoms with Crippen LogP contribution in [-0.2, 0) is 9.59 Å². The first-order chi connectivity index (χ1) is 16.6. The van der Waals surface area contributed by atoms with Crippen molar-refractivity contribution in [2.75, 3.05) is 11.9 Å². The predicted octanol–water partition coefficient (Wildman–Crippen LogP) is 5.59. The minimum absolute atomic E-state index is 0.0672. The van der Waals surface area contributed by atoms with E-state index in [2.05, 4.69) is 5.32 Å². The van der Waals surface area contributed by atoms with E-state index in [1.54, 1.807) is 18.2 Å². The van der Waals surface area contributed by atoms with E-state index in [0.29, 0.717) is 28.8 Å². The van der Waals surface area contributed by atoms with Crippen molar-refractivity contribution < 1.29 is 28.7 Å². The summed E-state index contributed by atoms with van der Waals surface area (Å²) in [6, 6.07) is 13.2. The van der Waals surface area contributed by atoms with Gasteiger partial charge in [0.15, 0.2) is 0 Å². The molecule has 2 N–H and O–H groups in total. The number of benzene rings is 2. The number of thioether (sulfide) groups is 1. The topological polar surface area (TPSA) is 117 Å². The number of hydrogen-bond donors (Lipinski definition) is 2. The van der Waals surface area contributed by atoms with Gasteiger partial charge in [-0.3, -0.25) is 19.3 Å². The van der Waals surface area contributed by atoms with Gasteiger partial charge in [-0.15, -0.1) is 0 Å². The van der Waals surface area contributed by atoms with Gasteiger partial charge < -0.3 is 14.8 Å². The SMILES string of the molecule is Cc1cccc(C)c1NC(=O)CN1C(=O)S/C(=C/c2ccc(-c3ccc(Cl)c(C(=O)O)c3)o2)C1=O. The van der Waals surface area contributed by atoms with E-state index < -0.39 is 29.6 Å². The third kappa shape index (κ3) is 5.16. The van der Waals surface area contributed by atoms with Crippen molar-refractivity contribution >= 4 is 58.1 Å². The lowest BCUT2D eigenvalue weighted by Gasteiger charge is -2.15. The number of amides is 3. The average molecular weight is 511 g/mol. The van der Waals surface area contributed by atoms with E-state index in [1.165, 1.54) is 18.2 Å². The smallest absolute Gasteiger partial charge is 0.337 e. The highest BCUT2D eigenvalue weighted by Crippen LogP contribution is 2.34. The Hall–Kier alpha value is -3.82. The van der Waals surface area contributed by atoms with Gasteiger partial charge >= 0.3 is 5.97 Å². The molecule has 2 aromatic carbocycles. The molecule has 2 heterocycles. The number of carbonyl (C=O) groups excluding carboxylic acids is 3. The molecular weight excluding hydrogens is 492 g/mol. The van der Waals surface area contributed by atoms with E-state index in [4.69, 9.17) is 16.0 Å². The first kappa shape index (κ1) is 24.3. The van der Waals surface area contributed by atoms with Crippen LogP contribution in [0.15, 0.2) is 57.9 Å². The molecule has 0 saturated carbocycles. The summed E-state index contributed by atoms with van der Waals surface area (Å²) < 4.78 is 5.72. The maximum Gasteiger partial charge on any atom is 0.337 e. The van der Waals surface area contributed by atoms with Crippen LogP contribution >= 0.6 is 23.4 Å². The summed E-state index contributed by atoms with van der Waals surface area (Å²) in [5.41, 5.74) is 2.82. The van der Waals surface area contributed by atoms with Gasteiger partial charge in [0.05, 0.1) is 15.5 Å². The molecule has 3 amide bonds. The Labute approximate surface area is 209 Å². The number of halogens is 1. The fourth-order valence-electron chi connectivity index (χ4n) is 3.53. The molecule has 3 aromatic rings. The van der Waals surface area contributed by atoms with Crippen molar-refractivity contribution in [1.29, 1.82) is 0 Å². The second-order valence-electron chi connectivity index (χ2n) is 7.78. The number of rotatable bonds is 6. The number of hydrogen-bond acceptors (Lipinski definition) is 6. The Morgan fingerprint density at radius 3 is 2.51 bits per heavy atom. The van der Waals surface area contributed by atoms with E-state index in [1.807, 2.05) is 32.0 Å². The number of imide groups is 1. The maximum absolute atomic E-state index is 12.8. The van der Waals surface area contributed by atoms with Crippen molar-refractivity contribution in [2.45, 2.75) is 13.8 Å². The molecule has 4 rings (SSSR count). The number of anilines is 1. The monoisotopic (exact) mass is 510 g/mol. The minimum Gasteiger partial charge on any atom is -0.478 e. The molecule has 1 aliphatic rings. The van der Waals surface area contributed by atoms with E-state index >= 15 is 0 Å². The molecule has 0 spiro atoms. The van der Waals surface area contributed by atoms with Gasteiger partial charge in [-0.1, -0.05) is 29.8 Å². The van der Waals surface area contributed by atoms with Crippen LogP contribution in [-0.4, -0.2) is 39.6 Å². The van der Waals surface area contributed by atoms with E-state index in [0.717, 1.165) is 16.0 Å². The Kier molecular flexibility index (Phi) is 6.81. The van der Waals surface area contributed by atoms with Gasteiger partial charge in [0.25, 0.3) is 11.1 Å². The number of para-hydroxylation sites is 1. The van der Waals surface area contributed by atoms with Crippen LogP contribution in [0.3, 0.4) is 0 Å². The van der Waals surface area contributed by atoms with Crippen LogP contribution in [0, 0.1) is 13.8 Å². The first-order valence-corrected chi connectivity index (χ1v) is 11.6. The summed E-state index contributed by atoms with van der Waals surface area (Å²) in [7, 11) is 0. The zero-order valence-electron chi connectivity index (χ0n) is 18.6. The molecule has 178 valence electrons. The summed E-state index contributed by atoms with van der Waals surface area (Å²) >= 11 is 6.62. The van der Waals surface area contributed by atoms with Gasteiger partial charge in [-0.05, 0) is 67.1 Å². The van der Waals surface area contributed by atoms with Crippen LogP contribution < -0.4 is 5.32 Å². The van der Waals surface area contributed by atoms with E-state index in [9.17, 15) is 24.3 Å². The third-order valence-corrected chi connectivity index (χ3v) is 6.54. The highest BCUT2D eigenvalue weighted by molar-refractivity contribution is 8.18. The Morgan fingerprint density at radius 1 is 1.11 bits per heavy atom. The molecule has 35 heavy (non-hydrogen) atoms. The molecule has 0 bridgehead atoms. The minimum atomic E-state index is -1.17. The molecule has 0 unspecified atom stereocenters. The quantitative estimate of drug-likeness (QED) is 0.415. The van der Waals surface area contributed by atoms with E-state index in [-0.39, 0.29) is 21.3 Å². The molecule has 1 aromatic heterocycles. The fourth-order valence-corrected chi connectivity index (χ4v) is 4.54. The highest BCUT2D eigenvalue weighted by atomic mass is 35.5. The summed E-state index contributed by atoms with van der Waals surface area (Å²) in [6.45, 7) is 3.30. The van der Waals surface area contributed by atoms with Crippen molar-refractivity contribution in [3.63, 3.8) is 0 Å². The van der Waals surface area contributed by atoms with Crippen molar-refractivity contribution in [3.05, 3.63) is 80.9 Å². The second kappa shape index (κ2) is 9.81. The molecule has 0 radical (unpaired) electrons. The van der Waals surface area contributed by atoms with Crippen molar-refractivity contribution in [3.8, 4) is 11.3 Å². The largest absolute Gasteiger partial charge is 0.478 e. The lowest BCUT2D eigenvalue weighted by molar-refractivity contribution is -0.127. The molecule has 8 nitrogen and oxygen atoms in total. The Balaban J connectivity index is 1.49. The molecule has 0 aliphatic carbocycles. The number of furan rings is 1. The molecule has 10 heteroatoms. The average Bonchev–Trinajstić information content (AvgIpc) is 3.37. The molecular formula is C25H19ClN2O6S. The lowest BCUT2D eigenvalue weighted by Crippen LogP contribution is -2.36. The van der Waals surface area contributed by atoms with Gasteiger partial charge in [0.2, 0.25) is 5.91 Å². The number of carbonyl (C=O) groups is 4. The van der Waals surface area contributed by atoms with Gasteiger partial charge in [-0.25, -0.2) is 4.79 Å². The number of nitrogens with one attached hydrogen (secondary N) is 1. The molecule has 1 fully saturated rings. The maximum atomic E-state index is 12.8. The van der Waals surface area contributed by atoms with Crippen LogP contribution in [0.5, 0.6) is 0 Å². The van der Waals surface area contributed by atoms with Gasteiger partial charge in [-0.2, -0.15) is 0 Å². The van der Waals surface area contributed by atoms with Crippen LogP contribution in [0.4, 0.5) is 10.5 Å². The fraction of sp³-hybridized carbons (Fsp3) is 0.120. The Morgan fingerprint density at radius 2 is 1.83 bits per heavy atom.